The first-order valence-electron chi connectivity index (χ1n) is 36.3. The summed E-state index contributed by atoms with van der Waals surface area (Å²) < 4.78 is 5.13. The van der Waals surface area contributed by atoms with Gasteiger partial charge in [-0.2, -0.15) is 0 Å². The number of hydrogen-bond acceptors (Lipinski definition) is 2. The minimum absolute atomic E-state index is 0.186. The van der Waals surface area contributed by atoms with E-state index >= 15 is 0 Å². The van der Waals surface area contributed by atoms with Gasteiger partial charge in [-0.15, -0.1) is 0 Å². The van der Waals surface area contributed by atoms with Crippen molar-refractivity contribution in [3.05, 3.63) is 348 Å². The Hall–Kier alpha value is -11.7. The van der Waals surface area contributed by atoms with Crippen molar-refractivity contribution in [1.82, 2.24) is 9.13 Å². The third-order valence-corrected chi connectivity index (χ3v) is 22.4. The Morgan fingerprint density at radius 3 is 1.08 bits per heavy atom. The zero-order chi connectivity index (χ0) is 69.1. The number of nitrogens with zero attached hydrogens (tertiary/aromatic N) is 4. The highest BCUT2D eigenvalue weighted by atomic mass is 15.2. The van der Waals surface area contributed by atoms with Crippen molar-refractivity contribution in [2.45, 2.75) is 90.9 Å². The molecule has 16 aromatic rings. The van der Waals surface area contributed by atoms with Crippen LogP contribution in [-0.4, -0.2) is 9.13 Å². The van der Waals surface area contributed by atoms with Crippen LogP contribution in [-0.2, 0) is 22.7 Å². The highest BCUT2D eigenvalue weighted by molar-refractivity contribution is 6.14. The molecule has 0 amide bonds. The number of para-hydroxylation sites is 3. The molecule has 4 heterocycles. The Bertz CT molecular complexity index is 5910. The first kappa shape index (κ1) is 61.4. The van der Waals surface area contributed by atoms with E-state index in [1.807, 2.05) is 0 Å². The fourth-order valence-corrected chi connectivity index (χ4v) is 17.3. The number of hydrogen-bond donors (Lipinski definition) is 0. The summed E-state index contributed by atoms with van der Waals surface area (Å²) in [6.45, 7) is 21.4. The molecule has 492 valence electrons. The van der Waals surface area contributed by atoms with E-state index in [4.69, 9.17) is 0 Å². The van der Waals surface area contributed by atoms with Gasteiger partial charge in [0, 0.05) is 73.1 Å². The van der Waals surface area contributed by atoms with Crippen molar-refractivity contribution in [2.75, 3.05) is 9.80 Å². The van der Waals surface area contributed by atoms with Crippen molar-refractivity contribution in [3.63, 3.8) is 0 Å². The molecule has 4 nitrogen and oxygen atoms in total. The quantitative estimate of drug-likeness (QED) is 0.151. The van der Waals surface area contributed by atoms with Gasteiger partial charge in [-0.1, -0.05) is 287 Å². The molecule has 0 fully saturated rings. The van der Waals surface area contributed by atoms with Crippen LogP contribution < -0.4 is 9.80 Å². The molecule has 1 unspecified atom stereocenters. The van der Waals surface area contributed by atoms with E-state index in [9.17, 15) is 0 Å². The van der Waals surface area contributed by atoms with Gasteiger partial charge in [-0.25, -0.2) is 0 Å². The smallest absolute Gasteiger partial charge is 0.0618 e. The van der Waals surface area contributed by atoms with Crippen LogP contribution in [0.15, 0.2) is 303 Å². The van der Waals surface area contributed by atoms with E-state index in [0.29, 0.717) is 0 Å². The van der Waals surface area contributed by atoms with E-state index < -0.39 is 0 Å². The molecular weight excluding hydrogens is 1230 g/mol. The predicted molar refractivity (Wildman–Crippen MR) is 432 cm³/mol. The van der Waals surface area contributed by atoms with E-state index in [0.717, 1.165) is 62.8 Å². The molecule has 0 spiro atoms. The van der Waals surface area contributed by atoms with Gasteiger partial charge in [0.2, 0.25) is 0 Å². The second kappa shape index (κ2) is 22.9. The molecule has 2 aromatic heterocycles. The van der Waals surface area contributed by atoms with Crippen molar-refractivity contribution in [1.29, 1.82) is 0 Å². The van der Waals surface area contributed by atoms with Gasteiger partial charge in [0.15, 0.2) is 0 Å². The average molecular weight is 1310 g/mol. The summed E-state index contributed by atoms with van der Waals surface area (Å²) in [6, 6.07) is 116. The molecule has 0 bridgehead atoms. The van der Waals surface area contributed by atoms with Gasteiger partial charge in [0.1, 0.15) is 0 Å². The highest BCUT2D eigenvalue weighted by Gasteiger charge is 2.45. The molecule has 14 aromatic carbocycles. The Balaban J connectivity index is 1.000. The molecule has 2 aliphatic heterocycles. The number of anilines is 6. The standard InChI is InChI=1S/C98H80N4/c1-96(2,3)66-53-79(61-30-14-10-15-31-61)94(80(54-66)62-32-16-11-17-33-62)101-87-59-69(99-84-43-27-24-40-73(84)74-41-25-28-44-85(74)99)46-48-77(87)91-78-49-47-70(100-86-45-29-26-42-75(86)76-51-50-72-71-39-23-22-38-65(71)52-83(72)93(76)100)60-88(78)102(90-58-68(98(7,8)9)57-89(101)92(90)91)95-81(63-34-18-12-19-35-63)55-67(97(4,5)6)56-82(95)64-36-20-13-21-37-64/h10-51,53-60,91H,52H2,1-9H3. The molecular formula is C98H80N4. The minimum Gasteiger partial charge on any atom is -0.309 e. The molecule has 102 heavy (non-hydrogen) atoms. The van der Waals surface area contributed by atoms with Crippen LogP contribution in [0.1, 0.15) is 113 Å². The molecule has 3 aliphatic rings. The molecule has 0 saturated heterocycles. The zero-order valence-corrected chi connectivity index (χ0v) is 59.4. The van der Waals surface area contributed by atoms with Crippen molar-refractivity contribution in [2.24, 2.45) is 0 Å². The third-order valence-electron chi connectivity index (χ3n) is 22.4. The van der Waals surface area contributed by atoms with Gasteiger partial charge in [0.05, 0.1) is 56.2 Å². The summed E-state index contributed by atoms with van der Waals surface area (Å²) in [4.78, 5) is 5.49. The topological polar surface area (TPSA) is 16.3 Å². The maximum Gasteiger partial charge on any atom is 0.0618 e. The van der Waals surface area contributed by atoms with Gasteiger partial charge in [-0.05, 0) is 167 Å². The van der Waals surface area contributed by atoms with E-state index in [1.54, 1.807) is 0 Å². The Labute approximate surface area is 598 Å². The summed E-state index contributed by atoms with van der Waals surface area (Å²) in [6.07, 6.45) is 0.867. The Morgan fingerprint density at radius 1 is 0.284 bits per heavy atom. The average Bonchev–Trinajstić information content (AvgIpc) is 0.794. The second-order valence-corrected chi connectivity index (χ2v) is 31.6. The molecule has 0 radical (unpaired) electrons. The van der Waals surface area contributed by atoms with Crippen LogP contribution in [0.2, 0.25) is 0 Å². The van der Waals surface area contributed by atoms with Crippen LogP contribution in [0.25, 0.3) is 111 Å². The summed E-state index contributed by atoms with van der Waals surface area (Å²) in [5.41, 5.74) is 35.6. The predicted octanol–water partition coefficient (Wildman–Crippen LogP) is 26.8. The van der Waals surface area contributed by atoms with Crippen LogP contribution in [0.3, 0.4) is 0 Å². The van der Waals surface area contributed by atoms with Gasteiger partial charge in [0.25, 0.3) is 0 Å². The fourth-order valence-electron chi connectivity index (χ4n) is 17.3. The van der Waals surface area contributed by atoms with Crippen molar-refractivity contribution in [3.8, 4) is 67.0 Å². The van der Waals surface area contributed by atoms with Crippen LogP contribution in [0, 0.1) is 0 Å². The van der Waals surface area contributed by atoms with E-state index in [-0.39, 0.29) is 22.2 Å². The Kier molecular flexibility index (Phi) is 13.8. The molecule has 0 saturated carbocycles. The molecule has 1 atom stereocenters. The van der Waals surface area contributed by atoms with Crippen LogP contribution >= 0.6 is 0 Å². The lowest BCUT2D eigenvalue weighted by molar-refractivity contribution is 0.589. The van der Waals surface area contributed by atoms with E-state index in [2.05, 4.69) is 385 Å². The number of aromatic nitrogens is 2. The number of benzene rings is 14. The van der Waals surface area contributed by atoms with E-state index in [1.165, 1.54) is 133 Å². The summed E-state index contributed by atoms with van der Waals surface area (Å²) >= 11 is 0. The lowest BCUT2D eigenvalue weighted by Gasteiger charge is -2.47. The zero-order valence-electron chi connectivity index (χ0n) is 59.4. The summed E-state index contributed by atoms with van der Waals surface area (Å²) in [5, 5.41) is 4.99. The summed E-state index contributed by atoms with van der Waals surface area (Å²) in [7, 11) is 0. The normalized spacial score (nSPS) is 14.0. The lowest BCUT2D eigenvalue weighted by Crippen LogP contribution is -2.31. The van der Waals surface area contributed by atoms with Crippen molar-refractivity contribution < 1.29 is 0 Å². The Morgan fingerprint density at radius 2 is 0.647 bits per heavy atom. The number of fused-ring (bicyclic) bond motifs is 14. The maximum atomic E-state index is 2.75. The molecule has 1 aliphatic carbocycles. The third kappa shape index (κ3) is 9.56. The van der Waals surface area contributed by atoms with Gasteiger partial charge >= 0.3 is 0 Å². The highest BCUT2D eigenvalue weighted by Crippen LogP contribution is 2.65. The van der Waals surface area contributed by atoms with Crippen molar-refractivity contribution >= 4 is 77.7 Å². The van der Waals surface area contributed by atoms with Gasteiger partial charge in [-0.3, -0.25) is 0 Å². The van der Waals surface area contributed by atoms with Crippen LogP contribution in [0.5, 0.6) is 0 Å². The van der Waals surface area contributed by atoms with Crippen LogP contribution in [0.4, 0.5) is 34.1 Å². The first-order valence-corrected chi connectivity index (χ1v) is 36.3. The fraction of sp³-hybridized carbons (Fsp3) is 0.143. The maximum absolute atomic E-state index is 2.75. The summed E-state index contributed by atoms with van der Waals surface area (Å²) in [5.74, 6) is -0.233. The molecule has 19 rings (SSSR count). The van der Waals surface area contributed by atoms with Gasteiger partial charge < -0.3 is 18.9 Å². The largest absolute Gasteiger partial charge is 0.309 e. The monoisotopic (exact) mass is 1310 g/mol. The first-order chi connectivity index (χ1) is 49.5. The molecule has 4 heteroatoms. The number of rotatable bonds is 8. The molecule has 0 N–H and O–H groups in total. The SMILES string of the molecule is CC(C)(C)c1cc(-c2ccccc2)c(N2c3cc(-n4c5ccccc5c5ccccc54)ccc3C3c4ccc(-n5c6ccccc6c6ccc7c(c65)Cc5ccccc5-7)cc4N(c4c(-c5ccccc5)cc(C(C)(C)C)cc4-c4ccccc4)c4cc(C(C)(C)C)cc2c43)c(-c2ccccc2)c1. The second-order valence-electron chi connectivity index (χ2n) is 31.6. The lowest BCUT2D eigenvalue weighted by atomic mass is 9.73. The minimum atomic E-state index is -0.326.